The Balaban J connectivity index is 1.29. The minimum absolute atomic E-state index is 0.00969. The lowest BCUT2D eigenvalue weighted by Gasteiger charge is -2.49. The molecule has 0 spiro atoms. The van der Waals surface area contributed by atoms with E-state index in [1.807, 2.05) is 36.4 Å². The summed E-state index contributed by atoms with van der Waals surface area (Å²) >= 11 is 3.39. The first-order chi connectivity index (χ1) is 22.2. The number of carboxylic acid groups (broad SMARTS) is 2. The molecule has 10 nitrogen and oxygen atoms in total. The highest BCUT2D eigenvalue weighted by molar-refractivity contribution is 9.10. The number of fused-ring (bicyclic) bond motifs is 2. The molecule has 12 heteroatoms. The summed E-state index contributed by atoms with van der Waals surface area (Å²) in [6, 6.07) is 19.2. The average molecular weight is 695 g/mol. The molecule has 2 aliphatic heterocycles. The monoisotopic (exact) mass is 693 g/mol. The Bertz CT molecular complexity index is 1650. The summed E-state index contributed by atoms with van der Waals surface area (Å²) in [6.45, 7) is 0.469. The first-order valence-electron chi connectivity index (χ1n) is 15.1. The molecule has 1 saturated carbocycles. The molecular formula is C34H33BrFN3O7. The summed E-state index contributed by atoms with van der Waals surface area (Å²) in [6.07, 6.45) is -0.751. The molecule has 1 aliphatic carbocycles. The van der Waals surface area contributed by atoms with E-state index in [2.05, 4.69) is 15.9 Å². The zero-order valence-corrected chi connectivity index (χ0v) is 26.4. The lowest BCUT2D eigenvalue weighted by Crippen LogP contribution is -2.65. The van der Waals surface area contributed by atoms with Crippen LogP contribution < -0.4 is 9.47 Å². The van der Waals surface area contributed by atoms with Gasteiger partial charge in [-0.05, 0) is 72.9 Å². The Morgan fingerprint density at radius 1 is 0.870 bits per heavy atom. The topological polar surface area (TPSA) is 120 Å². The van der Waals surface area contributed by atoms with Crippen LogP contribution in [-0.2, 0) is 11.3 Å². The Hall–Kier alpha value is -4.58. The zero-order valence-electron chi connectivity index (χ0n) is 24.9. The van der Waals surface area contributed by atoms with E-state index in [9.17, 15) is 29.0 Å². The van der Waals surface area contributed by atoms with Gasteiger partial charge in [0.05, 0.1) is 12.1 Å². The van der Waals surface area contributed by atoms with Crippen LogP contribution in [0.1, 0.15) is 30.4 Å². The summed E-state index contributed by atoms with van der Waals surface area (Å²) in [4.78, 5) is 43.1. The number of benzene rings is 3. The number of ether oxygens (including phenoxy) is 2. The number of carbonyl (C=O) groups excluding carboxylic acids is 1. The maximum absolute atomic E-state index is 14.7. The molecule has 1 saturated heterocycles. The van der Waals surface area contributed by atoms with E-state index in [0.717, 1.165) is 23.1 Å². The molecular weight excluding hydrogens is 661 g/mol. The van der Waals surface area contributed by atoms with Crippen molar-refractivity contribution in [1.29, 1.82) is 0 Å². The van der Waals surface area contributed by atoms with Gasteiger partial charge in [-0.1, -0.05) is 46.3 Å². The standard InChI is InChI=1S/C34H33BrFN3O7/c35-23-7-13-27(14-8-23)46-16-15-45-26-11-5-21(6-12-26)28-17-25-19-37(33(41)42)20-30(39(25)34(43)44)31(28)32(40)38(24-9-10-24)18-22-3-1-2-4-29(22)36/h1-8,11-14,24-25,30H,9-10,15-20H2,(H,41,42)(H,43,44)/t25-,30-/m1/s1. The van der Waals surface area contributed by atoms with Gasteiger partial charge in [0.1, 0.15) is 30.5 Å². The lowest BCUT2D eigenvalue weighted by molar-refractivity contribution is -0.129. The molecule has 0 unspecified atom stereocenters. The van der Waals surface area contributed by atoms with Gasteiger partial charge in [0.25, 0.3) is 5.91 Å². The number of nitrogens with zero attached hydrogens (tertiary/aromatic N) is 3. The van der Waals surface area contributed by atoms with Gasteiger partial charge in [-0.2, -0.15) is 0 Å². The molecule has 0 radical (unpaired) electrons. The molecule has 2 fully saturated rings. The van der Waals surface area contributed by atoms with Crippen LogP contribution in [0.3, 0.4) is 0 Å². The van der Waals surface area contributed by atoms with E-state index in [4.69, 9.17) is 9.47 Å². The lowest BCUT2D eigenvalue weighted by atomic mass is 9.81. The second-order valence-electron chi connectivity index (χ2n) is 11.6. The number of halogens is 2. The van der Waals surface area contributed by atoms with Gasteiger partial charge in [0.2, 0.25) is 0 Å². The molecule has 3 aliphatic rings. The van der Waals surface area contributed by atoms with Gasteiger partial charge in [-0.15, -0.1) is 0 Å². The number of amides is 3. The van der Waals surface area contributed by atoms with Crippen molar-refractivity contribution in [2.24, 2.45) is 0 Å². The maximum Gasteiger partial charge on any atom is 0.408 e. The summed E-state index contributed by atoms with van der Waals surface area (Å²) in [5.74, 6) is 0.476. The van der Waals surface area contributed by atoms with Gasteiger partial charge in [-0.25, -0.2) is 14.0 Å². The summed E-state index contributed by atoms with van der Waals surface area (Å²) < 4.78 is 27.3. The quantitative estimate of drug-likeness (QED) is 0.246. The van der Waals surface area contributed by atoms with Crippen molar-refractivity contribution in [3.05, 3.63) is 99.8 Å². The largest absolute Gasteiger partial charge is 0.490 e. The fraction of sp³-hybridized carbons (Fsp3) is 0.324. The normalized spacial score (nSPS) is 19.1. The fourth-order valence-corrected chi connectivity index (χ4v) is 6.48. The summed E-state index contributed by atoms with van der Waals surface area (Å²) in [7, 11) is 0. The van der Waals surface area contributed by atoms with Crippen LogP contribution in [0, 0.1) is 5.82 Å². The molecule has 0 aromatic heterocycles. The van der Waals surface area contributed by atoms with Crippen molar-refractivity contribution in [2.45, 2.75) is 43.9 Å². The number of rotatable bonds is 10. The van der Waals surface area contributed by atoms with Crippen LogP contribution in [0.2, 0.25) is 0 Å². The van der Waals surface area contributed by atoms with Gasteiger partial charge in [0.15, 0.2) is 0 Å². The molecule has 2 N–H and O–H groups in total. The van der Waals surface area contributed by atoms with Crippen LogP contribution in [0.5, 0.6) is 11.5 Å². The Labute approximate surface area is 273 Å². The van der Waals surface area contributed by atoms with Crippen molar-refractivity contribution in [2.75, 3.05) is 26.3 Å². The van der Waals surface area contributed by atoms with Crippen LogP contribution in [-0.4, -0.2) is 87.4 Å². The van der Waals surface area contributed by atoms with Gasteiger partial charge in [0, 0.05) is 41.3 Å². The van der Waals surface area contributed by atoms with Crippen LogP contribution in [0.25, 0.3) is 5.57 Å². The van der Waals surface area contributed by atoms with E-state index in [0.29, 0.717) is 35.7 Å². The second-order valence-corrected chi connectivity index (χ2v) is 12.5. The minimum atomic E-state index is -1.22. The van der Waals surface area contributed by atoms with Gasteiger partial charge >= 0.3 is 12.2 Å². The van der Waals surface area contributed by atoms with Crippen molar-refractivity contribution in [3.8, 4) is 11.5 Å². The number of piperazine rings is 1. The third kappa shape index (κ3) is 6.81. The van der Waals surface area contributed by atoms with Crippen molar-refractivity contribution in [3.63, 3.8) is 0 Å². The van der Waals surface area contributed by atoms with Crippen LogP contribution >= 0.6 is 15.9 Å². The SMILES string of the molecule is O=C(O)N1C[C@H]2CC(c3ccc(OCCOc4ccc(Br)cc4)cc3)=C(C(=O)N(Cc3ccccc3F)C3CC3)[C@@H](C1)N2C(=O)O. The third-order valence-corrected chi connectivity index (χ3v) is 9.09. The average Bonchev–Trinajstić information content (AvgIpc) is 3.88. The van der Waals surface area contributed by atoms with E-state index in [1.165, 1.54) is 15.9 Å². The number of hydrogen-bond acceptors (Lipinski definition) is 5. The zero-order chi connectivity index (χ0) is 32.4. The van der Waals surface area contributed by atoms with Crippen molar-refractivity contribution < 1.29 is 38.5 Å². The van der Waals surface area contributed by atoms with Gasteiger partial charge in [-0.3, -0.25) is 9.69 Å². The van der Waals surface area contributed by atoms with Crippen molar-refractivity contribution in [1.82, 2.24) is 14.7 Å². The summed E-state index contributed by atoms with van der Waals surface area (Å²) in [5, 5.41) is 20.1. The molecule has 240 valence electrons. The van der Waals surface area contributed by atoms with Gasteiger partial charge < -0.3 is 29.5 Å². The van der Waals surface area contributed by atoms with E-state index < -0.39 is 36.0 Å². The summed E-state index contributed by atoms with van der Waals surface area (Å²) in [5.41, 5.74) is 1.96. The molecule has 3 aromatic rings. The molecule has 2 heterocycles. The van der Waals surface area contributed by atoms with Crippen LogP contribution in [0.4, 0.5) is 14.0 Å². The molecule has 3 aromatic carbocycles. The fourth-order valence-electron chi connectivity index (χ4n) is 6.22. The van der Waals surface area contributed by atoms with E-state index in [-0.39, 0.29) is 37.7 Å². The first kappa shape index (κ1) is 31.4. The Kier molecular flexibility index (Phi) is 9.16. The third-order valence-electron chi connectivity index (χ3n) is 8.56. The highest BCUT2D eigenvalue weighted by atomic mass is 79.9. The predicted octanol–water partition coefficient (Wildman–Crippen LogP) is 6.11. The van der Waals surface area contributed by atoms with E-state index >= 15 is 0 Å². The Morgan fingerprint density at radius 2 is 1.50 bits per heavy atom. The highest BCUT2D eigenvalue weighted by Gasteiger charge is 2.49. The number of hydrogen-bond donors (Lipinski definition) is 2. The molecule has 3 amide bonds. The van der Waals surface area contributed by atoms with Crippen molar-refractivity contribution >= 4 is 39.6 Å². The first-order valence-corrected chi connectivity index (χ1v) is 15.9. The van der Waals surface area contributed by atoms with E-state index in [1.54, 1.807) is 35.2 Å². The molecule has 6 rings (SSSR count). The second kappa shape index (κ2) is 13.4. The Morgan fingerprint density at radius 3 is 2.09 bits per heavy atom. The molecule has 46 heavy (non-hydrogen) atoms. The van der Waals surface area contributed by atoms with Crippen LogP contribution in [0.15, 0.2) is 82.8 Å². The molecule has 2 bridgehead atoms. The maximum atomic E-state index is 14.7. The smallest absolute Gasteiger partial charge is 0.408 e. The number of carbonyl (C=O) groups is 3. The highest BCUT2D eigenvalue weighted by Crippen LogP contribution is 2.41. The minimum Gasteiger partial charge on any atom is -0.490 e. The molecule has 2 atom stereocenters. The predicted molar refractivity (Wildman–Crippen MR) is 170 cm³/mol.